The molecule has 1 fully saturated rings. The normalized spacial score (nSPS) is 19.5. The first-order valence-corrected chi connectivity index (χ1v) is 9.69. The van der Waals surface area contributed by atoms with Gasteiger partial charge >= 0.3 is 0 Å². The second-order valence-electron chi connectivity index (χ2n) is 6.85. The lowest BCUT2D eigenvalue weighted by molar-refractivity contribution is -0.0173. The average molecular weight is 392 g/mol. The SMILES string of the molecule is CCn1ccnc1[C@@H]1OCCC[C@H]1c1nc(-c2nnc(-c3ccccc3)o2)no1. The summed E-state index contributed by atoms with van der Waals surface area (Å²) >= 11 is 0. The van der Waals surface area contributed by atoms with Gasteiger partial charge in [0.1, 0.15) is 11.9 Å². The third-order valence-electron chi connectivity index (χ3n) is 5.06. The molecule has 1 saturated heterocycles. The Morgan fingerprint density at radius 2 is 2.00 bits per heavy atom. The van der Waals surface area contributed by atoms with Crippen LogP contribution in [0.5, 0.6) is 0 Å². The number of aryl methyl sites for hydroxylation is 1. The Kier molecular flexibility index (Phi) is 4.65. The maximum Gasteiger partial charge on any atom is 0.289 e. The minimum absolute atomic E-state index is 0.0748. The van der Waals surface area contributed by atoms with Gasteiger partial charge in [0.15, 0.2) is 0 Å². The van der Waals surface area contributed by atoms with E-state index in [2.05, 4.69) is 36.8 Å². The fraction of sp³-hybridized carbons (Fsp3) is 0.350. The highest BCUT2D eigenvalue weighted by Crippen LogP contribution is 2.40. The molecule has 4 heterocycles. The van der Waals surface area contributed by atoms with E-state index in [9.17, 15) is 0 Å². The topological polar surface area (TPSA) is 105 Å². The molecule has 0 aliphatic carbocycles. The Hall–Kier alpha value is -3.33. The van der Waals surface area contributed by atoms with Crippen molar-refractivity contribution in [1.29, 1.82) is 0 Å². The van der Waals surface area contributed by atoms with Gasteiger partial charge in [0.25, 0.3) is 11.7 Å². The number of ether oxygens (including phenoxy) is 1. The summed E-state index contributed by atoms with van der Waals surface area (Å²) in [5, 5.41) is 12.2. The highest BCUT2D eigenvalue weighted by molar-refractivity contribution is 5.54. The van der Waals surface area contributed by atoms with Crippen molar-refractivity contribution >= 4 is 0 Å². The molecule has 3 aromatic heterocycles. The van der Waals surface area contributed by atoms with Crippen LogP contribution in [0, 0.1) is 0 Å². The van der Waals surface area contributed by atoms with Crippen LogP contribution in [0.1, 0.15) is 43.5 Å². The molecule has 0 saturated carbocycles. The van der Waals surface area contributed by atoms with Crippen molar-refractivity contribution in [1.82, 2.24) is 29.9 Å². The highest BCUT2D eigenvalue weighted by atomic mass is 16.5. The lowest BCUT2D eigenvalue weighted by Gasteiger charge is -2.29. The van der Waals surface area contributed by atoms with Gasteiger partial charge in [-0.25, -0.2) is 4.98 Å². The molecule has 0 bridgehead atoms. The fourth-order valence-electron chi connectivity index (χ4n) is 3.62. The summed E-state index contributed by atoms with van der Waals surface area (Å²) in [6, 6.07) is 9.56. The van der Waals surface area contributed by atoms with Crippen LogP contribution in [0.3, 0.4) is 0 Å². The number of hydrogen-bond donors (Lipinski definition) is 0. The van der Waals surface area contributed by atoms with E-state index in [1.807, 2.05) is 36.5 Å². The summed E-state index contributed by atoms with van der Waals surface area (Å²) in [6.07, 6.45) is 5.31. The Bertz CT molecular complexity index is 1090. The van der Waals surface area contributed by atoms with Crippen molar-refractivity contribution in [3.63, 3.8) is 0 Å². The average Bonchev–Trinajstić information content (AvgIpc) is 3.54. The second kappa shape index (κ2) is 7.59. The summed E-state index contributed by atoms with van der Waals surface area (Å²) in [5.41, 5.74) is 0.835. The predicted octanol–water partition coefficient (Wildman–Crippen LogP) is 3.64. The van der Waals surface area contributed by atoms with E-state index in [0.717, 1.165) is 30.8 Å². The summed E-state index contributed by atoms with van der Waals surface area (Å²) in [4.78, 5) is 9.03. The van der Waals surface area contributed by atoms with Crippen LogP contribution >= 0.6 is 0 Å². The highest BCUT2D eigenvalue weighted by Gasteiger charge is 2.36. The number of nitrogens with zero attached hydrogens (tertiary/aromatic N) is 6. The molecule has 148 valence electrons. The van der Waals surface area contributed by atoms with Crippen molar-refractivity contribution in [3.05, 3.63) is 54.4 Å². The number of rotatable bonds is 5. The fourth-order valence-corrected chi connectivity index (χ4v) is 3.62. The third kappa shape index (κ3) is 3.33. The molecule has 0 unspecified atom stereocenters. The molecule has 4 aromatic rings. The maximum atomic E-state index is 6.05. The second-order valence-corrected chi connectivity index (χ2v) is 6.85. The molecule has 1 aliphatic heterocycles. The Morgan fingerprint density at radius 1 is 1.14 bits per heavy atom. The molecular formula is C20H20N6O3. The Labute approximate surface area is 166 Å². The largest absolute Gasteiger partial charge is 0.413 e. The van der Waals surface area contributed by atoms with E-state index in [1.165, 1.54) is 0 Å². The minimum atomic E-state index is -0.227. The smallest absolute Gasteiger partial charge is 0.289 e. The van der Waals surface area contributed by atoms with E-state index >= 15 is 0 Å². The van der Waals surface area contributed by atoms with Crippen molar-refractivity contribution in [2.75, 3.05) is 6.61 Å². The first kappa shape index (κ1) is 17.7. The summed E-state index contributed by atoms with van der Waals surface area (Å²) < 4.78 is 19.4. The number of imidazole rings is 1. The zero-order valence-electron chi connectivity index (χ0n) is 15.9. The summed E-state index contributed by atoms with van der Waals surface area (Å²) in [6.45, 7) is 3.58. The van der Waals surface area contributed by atoms with E-state index in [1.54, 1.807) is 6.20 Å². The van der Waals surface area contributed by atoms with Crippen molar-refractivity contribution in [2.24, 2.45) is 0 Å². The van der Waals surface area contributed by atoms with Crippen LogP contribution < -0.4 is 0 Å². The molecule has 0 radical (unpaired) electrons. The van der Waals surface area contributed by atoms with Crippen LogP contribution in [0.4, 0.5) is 0 Å². The predicted molar refractivity (Wildman–Crippen MR) is 102 cm³/mol. The molecule has 2 atom stereocenters. The molecule has 9 nitrogen and oxygen atoms in total. The molecule has 0 N–H and O–H groups in total. The molecule has 5 rings (SSSR count). The van der Waals surface area contributed by atoms with Crippen LogP contribution in [0.2, 0.25) is 0 Å². The summed E-state index contributed by atoms with van der Waals surface area (Å²) in [7, 11) is 0. The van der Waals surface area contributed by atoms with Crippen molar-refractivity contribution in [3.8, 4) is 23.2 Å². The quantitative estimate of drug-likeness (QED) is 0.507. The molecular weight excluding hydrogens is 372 g/mol. The molecule has 9 heteroatoms. The molecule has 0 amide bonds. The van der Waals surface area contributed by atoms with Gasteiger partial charge in [-0.1, -0.05) is 23.4 Å². The monoisotopic (exact) mass is 392 g/mol. The van der Waals surface area contributed by atoms with Gasteiger partial charge in [0.05, 0.1) is 5.92 Å². The van der Waals surface area contributed by atoms with Gasteiger partial charge in [-0.15, -0.1) is 10.2 Å². The van der Waals surface area contributed by atoms with Crippen LogP contribution in [0.15, 0.2) is 51.7 Å². The zero-order chi connectivity index (χ0) is 19.6. The maximum absolute atomic E-state index is 6.05. The Balaban J connectivity index is 1.42. The van der Waals surface area contributed by atoms with Crippen LogP contribution in [-0.2, 0) is 11.3 Å². The number of benzene rings is 1. The number of hydrogen-bond acceptors (Lipinski definition) is 8. The van der Waals surface area contributed by atoms with E-state index in [0.29, 0.717) is 18.4 Å². The van der Waals surface area contributed by atoms with Gasteiger partial charge in [0.2, 0.25) is 11.8 Å². The lowest BCUT2D eigenvalue weighted by Crippen LogP contribution is -2.24. The van der Waals surface area contributed by atoms with E-state index in [-0.39, 0.29) is 23.7 Å². The van der Waals surface area contributed by atoms with Crippen molar-refractivity contribution in [2.45, 2.75) is 38.3 Å². The standard InChI is InChI=1S/C20H20N6O3/c1-2-26-11-10-21-17(26)15-14(9-6-12-27-15)19-22-16(25-29-19)20-24-23-18(28-20)13-7-4-3-5-8-13/h3-5,7-8,10-11,14-15H,2,6,9,12H2,1H3/t14-,15-/m1/s1. The number of aromatic nitrogens is 6. The van der Waals surface area contributed by atoms with Crippen LogP contribution in [-0.4, -0.2) is 36.5 Å². The van der Waals surface area contributed by atoms with Gasteiger partial charge in [-0.3, -0.25) is 0 Å². The molecule has 29 heavy (non-hydrogen) atoms. The van der Waals surface area contributed by atoms with Crippen molar-refractivity contribution < 1.29 is 13.7 Å². The van der Waals surface area contributed by atoms with Gasteiger partial charge in [0, 0.05) is 31.1 Å². The van der Waals surface area contributed by atoms with E-state index in [4.69, 9.17) is 13.7 Å². The molecule has 0 spiro atoms. The van der Waals surface area contributed by atoms with Gasteiger partial charge < -0.3 is 18.2 Å². The molecule has 1 aromatic carbocycles. The summed E-state index contributed by atoms with van der Waals surface area (Å²) in [5.74, 6) is 2.21. The Morgan fingerprint density at radius 3 is 2.86 bits per heavy atom. The third-order valence-corrected chi connectivity index (χ3v) is 5.06. The van der Waals surface area contributed by atoms with Gasteiger partial charge in [-0.05, 0) is 31.9 Å². The molecule has 1 aliphatic rings. The van der Waals surface area contributed by atoms with Gasteiger partial charge in [-0.2, -0.15) is 4.98 Å². The zero-order valence-corrected chi connectivity index (χ0v) is 15.9. The first-order valence-electron chi connectivity index (χ1n) is 9.69. The van der Waals surface area contributed by atoms with Crippen LogP contribution in [0.25, 0.3) is 23.2 Å². The lowest BCUT2D eigenvalue weighted by atomic mass is 9.93. The first-order chi connectivity index (χ1) is 14.3. The van der Waals surface area contributed by atoms with E-state index < -0.39 is 0 Å². The minimum Gasteiger partial charge on any atom is -0.413 e.